The van der Waals surface area contributed by atoms with Gasteiger partial charge >= 0.3 is 0 Å². The third-order valence-corrected chi connectivity index (χ3v) is 4.21. The fraction of sp³-hybridized carbons (Fsp3) is 0.455. The van der Waals surface area contributed by atoms with Crippen LogP contribution in [0.5, 0.6) is 0 Å². The molecular formula is C11H16N4O3S. The van der Waals surface area contributed by atoms with Gasteiger partial charge in [-0.25, -0.2) is 0 Å². The maximum atomic E-state index is 11.5. The summed E-state index contributed by atoms with van der Waals surface area (Å²) in [5.41, 5.74) is 16.6. The number of primary amides is 2. The molecule has 0 aromatic carbocycles. The van der Waals surface area contributed by atoms with Gasteiger partial charge in [0.15, 0.2) is 0 Å². The van der Waals surface area contributed by atoms with E-state index < -0.39 is 11.8 Å². The average Bonchev–Trinajstić information content (AvgIpc) is 2.67. The van der Waals surface area contributed by atoms with Crippen LogP contribution in [-0.4, -0.2) is 37.6 Å². The van der Waals surface area contributed by atoms with Crippen molar-refractivity contribution in [2.24, 2.45) is 11.5 Å². The number of rotatable bonds is 3. The Morgan fingerprint density at radius 1 is 1.37 bits per heavy atom. The van der Waals surface area contributed by atoms with Gasteiger partial charge in [-0.2, -0.15) is 0 Å². The fourth-order valence-electron chi connectivity index (χ4n) is 2.08. The summed E-state index contributed by atoms with van der Waals surface area (Å²) in [4.78, 5) is 25.0. The van der Waals surface area contributed by atoms with Crippen molar-refractivity contribution in [1.82, 2.24) is 0 Å². The van der Waals surface area contributed by atoms with Crippen LogP contribution in [0.3, 0.4) is 0 Å². The fourth-order valence-corrected chi connectivity index (χ4v) is 3.19. The predicted molar refractivity (Wildman–Crippen MR) is 73.4 cm³/mol. The zero-order chi connectivity index (χ0) is 14.2. The van der Waals surface area contributed by atoms with Crippen molar-refractivity contribution in [3.05, 3.63) is 10.4 Å². The third kappa shape index (κ3) is 2.49. The lowest BCUT2D eigenvalue weighted by atomic mass is 10.2. The molecule has 0 spiro atoms. The molecule has 1 aliphatic heterocycles. The zero-order valence-corrected chi connectivity index (χ0v) is 11.3. The van der Waals surface area contributed by atoms with E-state index in [1.54, 1.807) is 0 Å². The second-order valence-electron chi connectivity index (χ2n) is 4.38. The summed E-state index contributed by atoms with van der Waals surface area (Å²) in [6.07, 6.45) is 0.0369. The number of anilines is 2. The molecule has 1 saturated heterocycles. The third-order valence-electron chi connectivity index (χ3n) is 2.93. The highest BCUT2D eigenvalue weighted by Gasteiger charge is 2.28. The van der Waals surface area contributed by atoms with Gasteiger partial charge in [-0.3, -0.25) is 9.59 Å². The van der Waals surface area contributed by atoms with Crippen molar-refractivity contribution in [3.63, 3.8) is 0 Å². The molecule has 0 aliphatic carbocycles. The molecule has 1 aliphatic rings. The molecule has 104 valence electrons. The molecule has 1 atom stereocenters. The second kappa shape index (κ2) is 5.06. The molecule has 8 heteroatoms. The lowest BCUT2D eigenvalue weighted by Crippen LogP contribution is -2.41. The maximum Gasteiger partial charge on any atom is 0.260 e. The Hall–Kier alpha value is -1.80. The van der Waals surface area contributed by atoms with Crippen LogP contribution in [0, 0.1) is 0 Å². The number of carbonyl (C=O) groups excluding carboxylic acids is 2. The Morgan fingerprint density at radius 2 is 2.05 bits per heavy atom. The van der Waals surface area contributed by atoms with Gasteiger partial charge in [0, 0.05) is 13.1 Å². The van der Waals surface area contributed by atoms with E-state index in [9.17, 15) is 9.59 Å². The summed E-state index contributed by atoms with van der Waals surface area (Å²) in [6.45, 7) is 3.70. The SMILES string of the molecule is CC1CN(c2sc(C(N)=O)c(N)c2C(N)=O)CCO1. The normalized spacial score (nSPS) is 19.4. The molecule has 1 aromatic rings. The van der Waals surface area contributed by atoms with Crippen molar-refractivity contribution in [3.8, 4) is 0 Å². The van der Waals surface area contributed by atoms with Crippen LogP contribution in [0.1, 0.15) is 27.0 Å². The van der Waals surface area contributed by atoms with Crippen molar-refractivity contribution in [2.45, 2.75) is 13.0 Å². The summed E-state index contributed by atoms with van der Waals surface area (Å²) in [7, 11) is 0. The van der Waals surface area contributed by atoms with E-state index in [0.717, 1.165) is 11.3 Å². The highest BCUT2D eigenvalue weighted by molar-refractivity contribution is 7.19. The van der Waals surface area contributed by atoms with E-state index in [2.05, 4.69) is 0 Å². The van der Waals surface area contributed by atoms with Gasteiger partial charge in [-0.15, -0.1) is 11.3 Å². The van der Waals surface area contributed by atoms with Crippen molar-refractivity contribution < 1.29 is 14.3 Å². The molecule has 1 fully saturated rings. The lowest BCUT2D eigenvalue weighted by molar-refractivity contribution is 0.0533. The van der Waals surface area contributed by atoms with Crippen LogP contribution >= 0.6 is 11.3 Å². The molecule has 2 heterocycles. The average molecular weight is 284 g/mol. The lowest BCUT2D eigenvalue weighted by Gasteiger charge is -2.32. The Balaban J connectivity index is 2.46. The summed E-state index contributed by atoms with van der Waals surface area (Å²) in [5, 5.41) is 0.592. The van der Waals surface area contributed by atoms with Crippen LogP contribution in [0.2, 0.25) is 0 Å². The smallest absolute Gasteiger partial charge is 0.260 e. The number of hydrogen-bond donors (Lipinski definition) is 3. The first-order chi connectivity index (χ1) is 8.91. The monoisotopic (exact) mass is 284 g/mol. The van der Waals surface area contributed by atoms with Crippen LogP contribution in [0.15, 0.2) is 0 Å². The van der Waals surface area contributed by atoms with E-state index >= 15 is 0 Å². The summed E-state index contributed by atoms with van der Waals surface area (Å²) >= 11 is 1.10. The van der Waals surface area contributed by atoms with Gasteiger partial charge in [0.2, 0.25) is 0 Å². The van der Waals surface area contributed by atoms with Crippen LogP contribution in [-0.2, 0) is 4.74 Å². The Bertz CT molecular complexity index is 528. The van der Waals surface area contributed by atoms with Gasteiger partial charge in [0.1, 0.15) is 9.88 Å². The number of hydrogen-bond acceptors (Lipinski definition) is 6. The molecule has 0 bridgehead atoms. The first-order valence-electron chi connectivity index (χ1n) is 5.80. The van der Waals surface area contributed by atoms with E-state index in [1.165, 1.54) is 0 Å². The number of morpholine rings is 1. The molecule has 2 rings (SSSR count). The van der Waals surface area contributed by atoms with E-state index in [-0.39, 0.29) is 22.2 Å². The Labute approximate surface area is 114 Å². The highest BCUT2D eigenvalue weighted by Crippen LogP contribution is 2.38. The predicted octanol–water partition coefficient (Wildman–Crippen LogP) is -0.247. The quantitative estimate of drug-likeness (QED) is 0.706. The van der Waals surface area contributed by atoms with Crippen LogP contribution in [0.25, 0.3) is 0 Å². The molecular weight excluding hydrogens is 268 g/mol. The molecule has 0 saturated carbocycles. The summed E-state index contributed by atoms with van der Waals surface area (Å²) < 4.78 is 5.44. The number of thiophene rings is 1. The largest absolute Gasteiger partial charge is 0.397 e. The Kier molecular flexibility index (Phi) is 3.63. The number of carbonyl (C=O) groups is 2. The van der Waals surface area contributed by atoms with Crippen LogP contribution in [0.4, 0.5) is 10.7 Å². The van der Waals surface area contributed by atoms with Crippen molar-refractivity contribution in [1.29, 1.82) is 0 Å². The minimum absolute atomic E-state index is 0.0369. The molecule has 1 aromatic heterocycles. The number of nitrogens with zero attached hydrogens (tertiary/aromatic N) is 1. The summed E-state index contributed by atoms with van der Waals surface area (Å²) in [6, 6.07) is 0. The minimum atomic E-state index is -0.657. The first kappa shape index (κ1) is 13.6. The van der Waals surface area contributed by atoms with Gasteiger partial charge in [0.25, 0.3) is 11.8 Å². The minimum Gasteiger partial charge on any atom is -0.397 e. The van der Waals surface area contributed by atoms with Gasteiger partial charge < -0.3 is 26.8 Å². The van der Waals surface area contributed by atoms with Crippen LogP contribution < -0.4 is 22.1 Å². The molecule has 1 unspecified atom stereocenters. The van der Waals surface area contributed by atoms with E-state index in [4.69, 9.17) is 21.9 Å². The van der Waals surface area contributed by atoms with Crippen molar-refractivity contribution >= 4 is 33.8 Å². The van der Waals surface area contributed by atoms with Crippen molar-refractivity contribution in [2.75, 3.05) is 30.3 Å². The van der Waals surface area contributed by atoms with Gasteiger partial charge in [-0.1, -0.05) is 0 Å². The summed E-state index contributed by atoms with van der Waals surface area (Å²) in [5.74, 6) is -1.31. The van der Waals surface area contributed by atoms with E-state index in [0.29, 0.717) is 24.7 Å². The van der Waals surface area contributed by atoms with Gasteiger partial charge in [0.05, 0.1) is 24.0 Å². The molecule has 7 nitrogen and oxygen atoms in total. The molecule has 6 N–H and O–H groups in total. The maximum absolute atomic E-state index is 11.5. The highest BCUT2D eigenvalue weighted by atomic mass is 32.1. The number of ether oxygens (including phenoxy) is 1. The van der Waals surface area contributed by atoms with Gasteiger partial charge in [-0.05, 0) is 6.92 Å². The number of amides is 2. The zero-order valence-electron chi connectivity index (χ0n) is 10.5. The molecule has 0 radical (unpaired) electrons. The second-order valence-corrected chi connectivity index (χ2v) is 5.38. The standard InChI is InChI=1S/C11H16N4O3S/c1-5-4-15(2-3-18-5)11-6(9(13)16)7(12)8(19-11)10(14)17/h5H,2-4,12H2,1H3,(H2,13,16)(H2,14,17). The number of nitrogen functional groups attached to an aromatic ring is 1. The molecule has 19 heavy (non-hydrogen) atoms. The van der Waals surface area contributed by atoms with E-state index in [1.807, 2.05) is 11.8 Å². The molecule has 2 amide bonds. The topological polar surface area (TPSA) is 125 Å². The number of nitrogens with two attached hydrogens (primary N) is 3. The first-order valence-corrected chi connectivity index (χ1v) is 6.62. The Morgan fingerprint density at radius 3 is 2.58 bits per heavy atom.